The fourth-order valence-electron chi connectivity index (χ4n) is 5.32. The van der Waals surface area contributed by atoms with Crippen molar-refractivity contribution in [2.24, 2.45) is 11.8 Å². The summed E-state index contributed by atoms with van der Waals surface area (Å²) < 4.78 is 5.65. The molecule has 35 heavy (non-hydrogen) atoms. The van der Waals surface area contributed by atoms with Gasteiger partial charge in [0.1, 0.15) is 6.61 Å². The standard InChI is InChI=1S/C27H31N3O5/c31-25(28-14-17-13-23(17)26(32)33)15-30-11-9-18(10-12-30)29-27(34)35-16-24-21-7-3-1-5-19(21)20-6-2-4-8-22(20)24/h1-8,17-18,23-24H,9-16H2,(H,28,31)(H,29,34)(H,32,33)/t17-,23-/m1/s1. The van der Waals surface area contributed by atoms with E-state index in [0.29, 0.717) is 39.2 Å². The van der Waals surface area contributed by atoms with Crippen LogP contribution in [0.5, 0.6) is 0 Å². The van der Waals surface area contributed by atoms with E-state index < -0.39 is 12.1 Å². The molecule has 1 aliphatic heterocycles. The highest BCUT2D eigenvalue weighted by Crippen LogP contribution is 2.44. The molecule has 1 heterocycles. The van der Waals surface area contributed by atoms with Gasteiger partial charge in [0, 0.05) is 31.6 Å². The van der Waals surface area contributed by atoms with Gasteiger partial charge in [-0.05, 0) is 47.4 Å². The molecule has 2 amide bonds. The van der Waals surface area contributed by atoms with E-state index in [1.54, 1.807) is 0 Å². The van der Waals surface area contributed by atoms with Gasteiger partial charge in [-0.2, -0.15) is 0 Å². The lowest BCUT2D eigenvalue weighted by Gasteiger charge is -2.31. The van der Waals surface area contributed by atoms with Crippen LogP contribution in [0.15, 0.2) is 48.5 Å². The van der Waals surface area contributed by atoms with Crippen LogP contribution < -0.4 is 10.6 Å². The topological polar surface area (TPSA) is 108 Å². The van der Waals surface area contributed by atoms with Crippen LogP contribution >= 0.6 is 0 Å². The molecule has 2 aromatic carbocycles. The highest BCUT2D eigenvalue weighted by Gasteiger charge is 2.43. The molecule has 8 nitrogen and oxygen atoms in total. The molecule has 0 bridgehead atoms. The average Bonchev–Trinajstić information content (AvgIpc) is 3.58. The number of aliphatic carboxylic acids is 1. The molecule has 2 aromatic rings. The van der Waals surface area contributed by atoms with Gasteiger partial charge in [0.15, 0.2) is 0 Å². The number of carbonyl (C=O) groups excluding carboxylic acids is 2. The molecule has 8 heteroatoms. The van der Waals surface area contributed by atoms with Gasteiger partial charge >= 0.3 is 12.1 Å². The molecule has 0 spiro atoms. The first-order chi connectivity index (χ1) is 17.0. The third kappa shape index (κ3) is 5.32. The molecule has 3 aliphatic rings. The summed E-state index contributed by atoms with van der Waals surface area (Å²) in [6.07, 6.45) is 1.74. The van der Waals surface area contributed by atoms with Crippen molar-refractivity contribution in [1.29, 1.82) is 0 Å². The molecular formula is C27H31N3O5. The van der Waals surface area contributed by atoms with E-state index in [1.165, 1.54) is 22.3 Å². The third-order valence-corrected chi connectivity index (χ3v) is 7.42. The number of ether oxygens (including phenoxy) is 1. The number of carbonyl (C=O) groups is 3. The van der Waals surface area contributed by atoms with Gasteiger partial charge in [0.05, 0.1) is 12.5 Å². The number of nitrogens with zero attached hydrogens (tertiary/aromatic N) is 1. The van der Waals surface area contributed by atoms with Crippen LogP contribution in [0.2, 0.25) is 0 Å². The molecule has 1 saturated heterocycles. The Morgan fingerprint density at radius 1 is 0.971 bits per heavy atom. The zero-order chi connectivity index (χ0) is 24.4. The minimum absolute atomic E-state index is 0.0211. The Morgan fingerprint density at radius 3 is 2.20 bits per heavy atom. The first-order valence-corrected chi connectivity index (χ1v) is 12.3. The highest BCUT2D eigenvalue weighted by atomic mass is 16.5. The number of carboxylic acid groups (broad SMARTS) is 1. The summed E-state index contributed by atoms with van der Waals surface area (Å²) in [5, 5.41) is 14.8. The van der Waals surface area contributed by atoms with Crippen molar-refractivity contribution in [3.05, 3.63) is 59.7 Å². The Kier molecular flexibility index (Phi) is 6.72. The van der Waals surface area contributed by atoms with E-state index in [9.17, 15) is 14.4 Å². The molecule has 2 aliphatic carbocycles. The molecule has 3 N–H and O–H groups in total. The molecule has 1 saturated carbocycles. The van der Waals surface area contributed by atoms with Crippen LogP contribution in [0.4, 0.5) is 4.79 Å². The van der Waals surface area contributed by atoms with Crippen LogP contribution in [-0.4, -0.2) is 66.8 Å². The van der Waals surface area contributed by atoms with Crippen molar-refractivity contribution in [3.63, 3.8) is 0 Å². The van der Waals surface area contributed by atoms with E-state index in [0.717, 1.165) is 12.8 Å². The number of fused-ring (bicyclic) bond motifs is 3. The zero-order valence-corrected chi connectivity index (χ0v) is 19.6. The fraction of sp³-hybridized carbons (Fsp3) is 0.444. The molecule has 2 atom stereocenters. The summed E-state index contributed by atoms with van der Waals surface area (Å²) in [5.74, 6) is -1.08. The summed E-state index contributed by atoms with van der Waals surface area (Å²) >= 11 is 0. The van der Waals surface area contributed by atoms with Gasteiger partial charge in [-0.1, -0.05) is 48.5 Å². The average molecular weight is 478 g/mol. The van der Waals surface area contributed by atoms with Gasteiger partial charge < -0.3 is 20.5 Å². The number of piperidine rings is 1. The SMILES string of the molecule is O=C(CN1CCC(NC(=O)OCC2c3ccccc3-c3ccccc32)CC1)NC[C@H]1C[C@H]1C(=O)O. The lowest BCUT2D eigenvalue weighted by molar-refractivity contribution is -0.139. The largest absolute Gasteiger partial charge is 0.481 e. The minimum Gasteiger partial charge on any atom is -0.481 e. The summed E-state index contributed by atoms with van der Waals surface area (Å²) in [7, 11) is 0. The number of carboxylic acids is 1. The molecule has 5 rings (SSSR count). The van der Waals surface area contributed by atoms with Gasteiger partial charge in [0.2, 0.25) is 5.91 Å². The van der Waals surface area contributed by atoms with Crippen LogP contribution in [0.25, 0.3) is 11.1 Å². The maximum Gasteiger partial charge on any atom is 0.407 e. The summed E-state index contributed by atoms with van der Waals surface area (Å²) in [5.41, 5.74) is 4.78. The van der Waals surface area contributed by atoms with Crippen LogP contribution in [0, 0.1) is 11.8 Å². The maximum absolute atomic E-state index is 12.5. The number of nitrogens with one attached hydrogen (secondary N) is 2. The number of benzene rings is 2. The Bertz CT molecular complexity index is 1070. The molecule has 2 fully saturated rings. The van der Waals surface area contributed by atoms with E-state index in [-0.39, 0.29) is 29.7 Å². The summed E-state index contributed by atoms with van der Waals surface area (Å²) in [6, 6.07) is 16.5. The molecule has 0 unspecified atom stereocenters. The van der Waals surface area contributed by atoms with Crippen LogP contribution in [-0.2, 0) is 14.3 Å². The Hall–Kier alpha value is -3.39. The molecule has 184 valence electrons. The second-order valence-corrected chi connectivity index (χ2v) is 9.76. The van der Waals surface area contributed by atoms with Gasteiger partial charge in [-0.15, -0.1) is 0 Å². The molecule has 0 aromatic heterocycles. The number of amides is 2. The second-order valence-electron chi connectivity index (χ2n) is 9.76. The summed E-state index contributed by atoms with van der Waals surface area (Å²) in [6.45, 7) is 2.44. The molecule has 0 radical (unpaired) electrons. The van der Waals surface area contributed by atoms with Crippen molar-refractivity contribution in [1.82, 2.24) is 15.5 Å². The maximum atomic E-state index is 12.5. The lowest BCUT2D eigenvalue weighted by atomic mass is 9.98. The Morgan fingerprint density at radius 2 is 1.60 bits per heavy atom. The Labute approximate surface area is 204 Å². The van der Waals surface area contributed by atoms with E-state index in [1.807, 2.05) is 24.3 Å². The second kappa shape index (κ2) is 10.1. The monoisotopic (exact) mass is 477 g/mol. The zero-order valence-electron chi connectivity index (χ0n) is 19.6. The van der Waals surface area contributed by atoms with Crippen molar-refractivity contribution in [2.45, 2.75) is 31.2 Å². The van der Waals surface area contributed by atoms with Gasteiger partial charge in [0.25, 0.3) is 0 Å². The van der Waals surface area contributed by atoms with Gasteiger partial charge in [-0.25, -0.2) is 4.79 Å². The number of likely N-dealkylation sites (tertiary alicyclic amines) is 1. The summed E-state index contributed by atoms with van der Waals surface area (Å²) in [4.78, 5) is 37.7. The van der Waals surface area contributed by atoms with Crippen molar-refractivity contribution >= 4 is 18.0 Å². The smallest absolute Gasteiger partial charge is 0.407 e. The minimum atomic E-state index is -0.782. The van der Waals surface area contributed by atoms with Crippen LogP contribution in [0.1, 0.15) is 36.3 Å². The Balaban J connectivity index is 1.03. The predicted octanol–water partition coefficient (Wildman–Crippen LogP) is 2.83. The van der Waals surface area contributed by atoms with Crippen molar-refractivity contribution in [2.75, 3.05) is 32.8 Å². The van der Waals surface area contributed by atoms with E-state index >= 15 is 0 Å². The fourth-order valence-corrected chi connectivity index (χ4v) is 5.32. The number of hydrogen-bond donors (Lipinski definition) is 3. The predicted molar refractivity (Wildman–Crippen MR) is 130 cm³/mol. The molecular weight excluding hydrogens is 446 g/mol. The lowest BCUT2D eigenvalue weighted by Crippen LogP contribution is -2.47. The van der Waals surface area contributed by atoms with Crippen LogP contribution in [0.3, 0.4) is 0 Å². The normalized spacial score (nSPS) is 21.6. The third-order valence-electron chi connectivity index (χ3n) is 7.42. The van der Waals surface area contributed by atoms with E-state index in [2.05, 4.69) is 39.8 Å². The number of hydrogen-bond acceptors (Lipinski definition) is 5. The number of alkyl carbamates (subject to hydrolysis) is 1. The first kappa shape index (κ1) is 23.4. The van der Waals surface area contributed by atoms with Crippen molar-refractivity contribution in [3.8, 4) is 11.1 Å². The van der Waals surface area contributed by atoms with E-state index in [4.69, 9.17) is 9.84 Å². The van der Waals surface area contributed by atoms with Gasteiger partial charge in [-0.3, -0.25) is 14.5 Å². The quantitative estimate of drug-likeness (QED) is 0.540. The highest BCUT2D eigenvalue weighted by molar-refractivity contribution is 5.79. The van der Waals surface area contributed by atoms with Crippen molar-refractivity contribution < 1.29 is 24.2 Å². The first-order valence-electron chi connectivity index (χ1n) is 12.3. The number of rotatable bonds is 8.